The number of hydrogen-bond donors (Lipinski definition) is 0. The minimum absolute atomic E-state index is 0.0505. The lowest BCUT2D eigenvalue weighted by Crippen LogP contribution is -2.32. The number of aromatic nitrogens is 2. The molecule has 0 saturated heterocycles. The van der Waals surface area contributed by atoms with Crippen LogP contribution in [0.15, 0.2) is 64.6 Å². The van der Waals surface area contributed by atoms with Crippen LogP contribution in [-0.4, -0.2) is 32.7 Å². The third kappa shape index (κ3) is 5.02. The molecule has 0 N–H and O–H groups in total. The summed E-state index contributed by atoms with van der Waals surface area (Å²) < 4.78 is 7.30. The van der Waals surface area contributed by atoms with Gasteiger partial charge >= 0.3 is 0 Å². The molecule has 138 valence electrons. The Labute approximate surface area is 162 Å². The van der Waals surface area contributed by atoms with Crippen molar-refractivity contribution in [1.82, 2.24) is 14.5 Å². The van der Waals surface area contributed by atoms with Crippen LogP contribution in [0.2, 0.25) is 0 Å². The van der Waals surface area contributed by atoms with E-state index in [9.17, 15) is 4.79 Å². The summed E-state index contributed by atoms with van der Waals surface area (Å²) in [6.45, 7) is 2.78. The largest absolute Gasteiger partial charge is 0.467 e. The Morgan fingerprint density at radius 1 is 1.37 bits per heavy atom. The maximum absolute atomic E-state index is 12.7. The third-order valence-electron chi connectivity index (χ3n) is 3.98. The van der Waals surface area contributed by atoms with Crippen molar-refractivity contribution in [3.63, 3.8) is 0 Å². The zero-order valence-corrected chi connectivity index (χ0v) is 15.9. The summed E-state index contributed by atoms with van der Waals surface area (Å²) in [7, 11) is 0. The van der Waals surface area contributed by atoms with Crippen LogP contribution in [0.4, 0.5) is 0 Å². The second kappa shape index (κ2) is 9.10. The number of carbonyl (C=O) groups is 1. The van der Waals surface area contributed by atoms with Gasteiger partial charge in [-0.3, -0.25) is 9.36 Å². The predicted molar refractivity (Wildman–Crippen MR) is 103 cm³/mol. The summed E-state index contributed by atoms with van der Waals surface area (Å²) in [5, 5.41) is 9.61. The van der Waals surface area contributed by atoms with E-state index in [1.54, 1.807) is 23.4 Å². The molecule has 0 bridgehead atoms. The van der Waals surface area contributed by atoms with Gasteiger partial charge in [0.2, 0.25) is 5.91 Å². The average molecular weight is 380 g/mol. The first kappa shape index (κ1) is 18.8. The molecule has 1 aromatic carbocycles. The van der Waals surface area contributed by atoms with Gasteiger partial charge < -0.3 is 9.32 Å². The number of furan rings is 1. The predicted octanol–water partition coefficient (Wildman–Crippen LogP) is 3.81. The molecule has 1 amide bonds. The van der Waals surface area contributed by atoms with Crippen LogP contribution >= 0.6 is 11.8 Å². The second-order valence-corrected chi connectivity index (χ2v) is 6.95. The van der Waals surface area contributed by atoms with Crippen LogP contribution in [0.5, 0.6) is 0 Å². The van der Waals surface area contributed by atoms with Crippen molar-refractivity contribution in [3.05, 3.63) is 66.4 Å². The number of hydrogen-bond acceptors (Lipinski definition) is 5. The van der Waals surface area contributed by atoms with Crippen LogP contribution in [-0.2, 0) is 11.3 Å². The Kier molecular flexibility index (Phi) is 6.34. The Morgan fingerprint density at radius 2 is 2.26 bits per heavy atom. The molecule has 27 heavy (non-hydrogen) atoms. The lowest BCUT2D eigenvalue weighted by atomic mass is 10.2. The molecular weight excluding hydrogens is 360 g/mol. The van der Waals surface area contributed by atoms with Gasteiger partial charge in [0.25, 0.3) is 0 Å². The molecule has 3 aromatic rings. The number of carbonyl (C=O) groups excluding carboxylic acids is 1. The van der Waals surface area contributed by atoms with Gasteiger partial charge in [0.1, 0.15) is 5.76 Å². The van der Waals surface area contributed by atoms with Crippen molar-refractivity contribution in [1.29, 1.82) is 5.26 Å². The first-order valence-electron chi connectivity index (χ1n) is 8.57. The minimum Gasteiger partial charge on any atom is -0.467 e. The van der Waals surface area contributed by atoms with E-state index >= 15 is 0 Å². The summed E-state index contributed by atoms with van der Waals surface area (Å²) in [6, 6.07) is 13.8. The number of rotatable bonds is 8. The molecule has 0 radical (unpaired) electrons. The van der Waals surface area contributed by atoms with E-state index in [1.165, 1.54) is 11.8 Å². The molecule has 0 spiro atoms. The van der Waals surface area contributed by atoms with Gasteiger partial charge in [-0.1, -0.05) is 23.9 Å². The van der Waals surface area contributed by atoms with Gasteiger partial charge in [-0.15, -0.1) is 0 Å². The molecule has 2 heterocycles. The molecule has 0 aliphatic heterocycles. The molecule has 0 atom stereocenters. The maximum Gasteiger partial charge on any atom is 0.233 e. The summed E-state index contributed by atoms with van der Waals surface area (Å²) in [4.78, 5) is 18.7. The summed E-state index contributed by atoms with van der Waals surface area (Å²) in [6.07, 6.45) is 5.48. The zero-order chi connectivity index (χ0) is 19.1. The van der Waals surface area contributed by atoms with E-state index in [1.807, 2.05) is 42.0 Å². The van der Waals surface area contributed by atoms with Crippen LogP contribution in [0.3, 0.4) is 0 Å². The molecule has 7 heteroatoms. The standard InChI is InChI=1S/C20H20N4O2S/c1-16-5-2-6-17(13-16)24-11-9-22-20(24)27-15-19(25)23(10-4-8-21)14-18-7-3-12-26-18/h2-3,5-7,9,11-13H,4,10,14-15H2,1H3. The fourth-order valence-corrected chi connectivity index (χ4v) is 3.53. The molecule has 0 saturated carbocycles. The van der Waals surface area contributed by atoms with Gasteiger partial charge in [0.05, 0.1) is 31.1 Å². The summed E-state index contributed by atoms with van der Waals surface area (Å²) in [5.74, 6) is 0.896. The van der Waals surface area contributed by atoms with E-state index in [4.69, 9.17) is 9.68 Å². The van der Waals surface area contributed by atoms with E-state index in [0.29, 0.717) is 18.8 Å². The van der Waals surface area contributed by atoms with Gasteiger partial charge in [0.15, 0.2) is 5.16 Å². The quantitative estimate of drug-likeness (QED) is 0.556. The lowest BCUT2D eigenvalue weighted by molar-refractivity contribution is -0.129. The topological polar surface area (TPSA) is 75.1 Å². The number of thioether (sulfide) groups is 1. The minimum atomic E-state index is -0.0505. The van der Waals surface area contributed by atoms with Crippen molar-refractivity contribution in [3.8, 4) is 11.8 Å². The maximum atomic E-state index is 12.7. The lowest BCUT2D eigenvalue weighted by Gasteiger charge is -2.20. The van der Waals surface area contributed by atoms with Crippen molar-refractivity contribution in [2.75, 3.05) is 12.3 Å². The Bertz CT molecular complexity index is 928. The molecule has 0 aliphatic rings. The van der Waals surface area contributed by atoms with Gasteiger partial charge in [-0.05, 0) is 36.8 Å². The number of amides is 1. The Morgan fingerprint density at radius 3 is 3.00 bits per heavy atom. The molecule has 2 aromatic heterocycles. The molecular formula is C20H20N4O2S. The second-order valence-electron chi connectivity index (χ2n) is 6.01. The van der Waals surface area contributed by atoms with E-state index in [2.05, 4.69) is 17.1 Å². The monoisotopic (exact) mass is 380 g/mol. The first-order valence-corrected chi connectivity index (χ1v) is 9.56. The van der Waals surface area contributed by atoms with Crippen molar-refractivity contribution >= 4 is 17.7 Å². The normalized spacial score (nSPS) is 10.5. The smallest absolute Gasteiger partial charge is 0.233 e. The van der Waals surface area contributed by atoms with Crippen molar-refractivity contribution in [2.45, 2.75) is 25.0 Å². The number of imidazole rings is 1. The number of aryl methyl sites for hydroxylation is 1. The summed E-state index contributed by atoms with van der Waals surface area (Å²) >= 11 is 1.38. The van der Waals surface area contributed by atoms with Gasteiger partial charge in [0, 0.05) is 24.6 Å². The molecule has 3 rings (SSSR count). The van der Waals surface area contributed by atoms with Gasteiger partial charge in [-0.2, -0.15) is 5.26 Å². The Hall–Kier alpha value is -2.98. The number of benzene rings is 1. The van der Waals surface area contributed by atoms with Crippen LogP contribution in [0.1, 0.15) is 17.7 Å². The van der Waals surface area contributed by atoms with Crippen LogP contribution < -0.4 is 0 Å². The third-order valence-corrected chi connectivity index (χ3v) is 4.94. The highest BCUT2D eigenvalue weighted by Crippen LogP contribution is 2.22. The fraction of sp³-hybridized carbons (Fsp3) is 0.250. The number of nitrogens with zero attached hydrogens (tertiary/aromatic N) is 4. The van der Waals surface area contributed by atoms with Gasteiger partial charge in [-0.25, -0.2) is 4.98 Å². The molecule has 0 fully saturated rings. The first-order chi connectivity index (χ1) is 13.2. The van der Waals surface area contributed by atoms with Crippen LogP contribution in [0, 0.1) is 18.3 Å². The molecule has 0 unspecified atom stereocenters. The van der Waals surface area contributed by atoms with E-state index in [0.717, 1.165) is 16.4 Å². The zero-order valence-electron chi connectivity index (χ0n) is 15.0. The van der Waals surface area contributed by atoms with E-state index in [-0.39, 0.29) is 18.1 Å². The highest BCUT2D eigenvalue weighted by atomic mass is 32.2. The Balaban J connectivity index is 1.67. The van der Waals surface area contributed by atoms with Crippen LogP contribution in [0.25, 0.3) is 5.69 Å². The molecule has 6 nitrogen and oxygen atoms in total. The summed E-state index contributed by atoms with van der Waals surface area (Å²) in [5.41, 5.74) is 2.17. The SMILES string of the molecule is Cc1cccc(-n2ccnc2SCC(=O)N(CCC#N)Cc2ccco2)c1. The highest BCUT2D eigenvalue weighted by molar-refractivity contribution is 7.99. The molecule has 0 aliphatic carbocycles. The van der Waals surface area contributed by atoms with Crippen molar-refractivity contribution < 1.29 is 9.21 Å². The van der Waals surface area contributed by atoms with Crippen molar-refractivity contribution in [2.24, 2.45) is 0 Å². The fourth-order valence-electron chi connectivity index (χ4n) is 2.66. The highest BCUT2D eigenvalue weighted by Gasteiger charge is 2.17. The number of nitriles is 1. The average Bonchev–Trinajstić information content (AvgIpc) is 3.34. The van der Waals surface area contributed by atoms with E-state index < -0.39 is 0 Å².